The molecule has 4 aliphatic heterocycles. The first-order valence-electron chi connectivity index (χ1n) is 10.9. The lowest BCUT2D eigenvalue weighted by Crippen LogP contribution is -2.62. The van der Waals surface area contributed by atoms with Crippen LogP contribution in [0.15, 0.2) is 18.2 Å². The third-order valence-electron chi connectivity index (χ3n) is 6.98. The number of carbonyl (C=O) groups is 4. The van der Waals surface area contributed by atoms with Crippen molar-refractivity contribution in [1.82, 2.24) is 20.4 Å². The molecule has 0 radical (unpaired) electrons. The van der Waals surface area contributed by atoms with Gasteiger partial charge in [0.05, 0.1) is 11.1 Å². The number of nitrogens with one attached hydrogen (secondary N) is 2. The number of ether oxygens (including phenoxy) is 1. The van der Waals surface area contributed by atoms with Crippen molar-refractivity contribution in [2.24, 2.45) is 0 Å². The molecule has 2 N–H and O–H groups in total. The van der Waals surface area contributed by atoms with Gasteiger partial charge in [-0.2, -0.15) is 0 Å². The monoisotopic (exact) mass is 426 g/mol. The number of hydrogen-bond donors (Lipinski definition) is 2. The molecule has 0 aromatic heterocycles. The molecule has 4 heterocycles. The minimum atomic E-state index is -0.938. The quantitative estimate of drug-likeness (QED) is 0.657. The van der Waals surface area contributed by atoms with Crippen molar-refractivity contribution in [1.29, 1.82) is 0 Å². The van der Waals surface area contributed by atoms with E-state index in [1.165, 1.54) is 0 Å². The van der Waals surface area contributed by atoms with Gasteiger partial charge in [0.15, 0.2) is 0 Å². The van der Waals surface area contributed by atoms with E-state index in [2.05, 4.69) is 15.5 Å². The second kappa shape index (κ2) is 7.81. The Kier molecular flexibility index (Phi) is 5.11. The average molecular weight is 426 g/mol. The van der Waals surface area contributed by atoms with E-state index in [0.29, 0.717) is 17.7 Å². The van der Waals surface area contributed by atoms with E-state index in [1.54, 1.807) is 12.1 Å². The van der Waals surface area contributed by atoms with Gasteiger partial charge in [0.25, 0.3) is 11.8 Å². The Balaban J connectivity index is 1.38. The van der Waals surface area contributed by atoms with Gasteiger partial charge < -0.3 is 10.1 Å². The predicted octanol–water partition coefficient (Wildman–Crippen LogP) is 0.0422. The van der Waals surface area contributed by atoms with Crippen LogP contribution in [-0.4, -0.2) is 77.9 Å². The van der Waals surface area contributed by atoms with Crippen LogP contribution in [0.4, 0.5) is 0 Å². The molecule has 1 aromatic carbocycles. The number of carbonyl (C=O) groups excluding carboxylic acids is 4. The number of piperazine rings is 1. The maximum Gasteiger partial charge on any atom is 0.262 e. The van der Waals surface area contributed by atoms with Crippen LogP contribution in [-0.2, 0) is 20.9 Å². The lowest BCUT2D eigenvalue weighted by molar-refractivity contribution is -0.136. The predicted molar refractivity (Wildman–Crippen MR) is 109 cm³/mol. The number of imide groups is 2. The molecule has 164 valence electrons. The topological polar surface area (TPSA) is 108 Å². The molecule has 0 saturated carbocycles. The van der Waals surface area contributed by atoms with E-state index < -0.39 is 23.8 Å². The summed E-state index contributed by atoms with van der Waals surface area (Å²) in [6.45, 7) is 4.92. The van der Waals surface area contributed by atoms with Crippen LogP contribution in [0.3, 0.4) is 0 Å². The Bertz CT molecular complexity index is 947. The van der Waals surface area contributed by atoms with Crippen molar-refractivity contribution in [3.63, 3.8) is 0 Å². The summed E-state index contributed by atoms with van der Waals surface area (Å²) in [6.07, 6.45) is 2.20. The first-order chi connectivity index (χ1) is 15.0. The van der Waals surface area contributed by atoms with Gasteiger partial charge in [-0.3, -0.25) is 34.3 Å². The Hall–Kier alpha value is -2.62. The van der Waals surface area contributed by atoms with Crippen molar-refractivity contribution in [3.05, 3.63) is 34.9 Å². The molecule has 1 atom stereocenters. The maximum absolute atomic E-state index is 13.1. The highest BCUT2D eigenvalue weighted by molar-refractivity contribution is 6.23. The summed E-state index contributed by atoms with van der Waals surface area (Å²) in [5.41, 5.74) is 1.68. The fraction of sp³-hybridized carbons (Fsp3) is 0.545. The minimum Gasteiger partial charge on any atom is -0.381 e. The second-order valence-corrected chi connectivity index (χ2v) is 8.76. The van der Waals surface area contributed by atoms with Crippen molar-refractivity contribution in [3.8, 4) is 0 Å². The molecule has 1 spiro atoms. The molecule has 1 unspecified atom stereocenters. The van der Waals surface area contributed by atoms with Gasteiger partial charge in [-0.1, -0.05) is 6.07 Å². The van der Waals surface area contributed by atoms with Crippen LogP contribution in [0.1, 0.15) is 52.0 Å². The van der Waals surface area contributed by atoms with E-state index in [9.17, 15) is 19.2 Å². The number of nitrogens with zero attached hydrogens (tertiary/aromatic N) is 2. The van der Waals surface area contributed by atoms with Gasteiger partial charge in [-0.25, -0.2) is 0 Å². The molecule has 9 heteroatoms. The Morgan fingerprint density at radius 2 is 1.84 bits per heavy atom. The normalized spacial score (nSPS) is 26.3. The second-order valence-electron chi connectivity index (χ2n) is 8.76. The average Bonchev–Trinajstić information content (AvgIpc) is 3.01. The molecule has 1 aromatic rings. The van der Waals surface area contributed by atoms with Crippen LogP contribution >= 0.6 is 0 Å². The number of benzene rings is 1. The van der Waals surface area contributed by atoms with Crippen molar-refractivity contribution in [2.75, 3.05) is 32.8 Å². The summed E-state index contributed by atoms with van der Waals surface area (Å²) >= 11 is 0. The lowest BCUT2D eigenvalue weighted by Gasteiger charge is -2.49. The molecule has 9 nitrogen and oxygen atoms in total. The van der Waals surface area contributed by atoms with E-state index >= 15 is 0 Å². The number of hydrogen-bond acceptors (Lipinski definition) is 7. The van der Waals surface area contributed by atoms with Crippen LogP contribution in [0, 0.1) is 0 Å². The first-order valence-corrected chi connectivity index (χ1v) is 10.9. The Morgan fingerprint density at radius 1 is 1.06 bits per heavy atom. The number of amides is 4. The highest BCUT2D eigenvalue weighted by Crippen LogP contribution is 2.32. The van der Waals surface area contributed by atoms with E-state index in [4.69, 9.17) is 4.74 Å². The van der Waals surface area contributed by atoms with E-state index in [1.807, 2.05) is 6.07 Å². The summed E-state index contributed by atoms with van der Waals surface area (Å²) in [5.74, 6) is -1.90. The zero-order valence-corrected chi connectivity index (χ0v) is 17.3. The fourth-order valence-electron chi connectivity index (χ4n) is 5.21. The number of rotatable bonds is 3. The molecule has 5 rings (SSSR count). The summed E-state index contributed by atoms with van der Waals surface area (Å²) in [7, 11) is 0. The third kappa shape index (κ3) is 3.46. The molecule has 4 amide bonds. The smallest absolute Gasteiger partial charge is 0.262 e. The third-order valence-corrected chi connectivity index (χ3v) is 6.98. The maximum atomic E-state index is 13.1. The molecular formula is C22H26N4O5. The fourth-order valence-corrected chi connectivity index (χ4v) is 5.21. The summed E-state index contributed by atoms with van der Waals surface area (Å²) in [6, 6.07) is 4.44. The first kappa shape index (κ1) is 20.3. The van der Waals surface area contributed by atoms with Gasteiger partial charge in [-0.05, 0) is 37.0 Å². The Labute approximate surface area is 180 Å². The number of piperidine rings is 1. The minimum absolute atomic E-state index is 0.0497. The molecule has 31 heavy (non-hydrogen) atoms. The molecule has 0 aliphatic carbocycles. The van der Waals surface area contributed by atoms with Crippen LogP contribution < -0.4 is 10.6 Å². The molecule has 3 saturated heterocycles. The van der Waals surface area contributed by atoms with Crippen LogP contribution in [0.5, 0.6) is 0 Å². The van der Waals surface area contributed by atoms with Gasteiger partial charge >= 0.3 is 0 Å². The van der Waals surface area contributed by atoms with Gasteiger partial charge in [0.1, 0.15) is 6.04 Å². The SMILES string of the molecule is O=C1CCC(N2C(=O)c3ccc(CN4CCNCC45CCOCC5)cc3C2=O)C(=O)N1. The van der Waals surface area contributed by atoms with Crippen molar-refractivity contribution >= 4 is 23.6 Å². The summed E-state index contributed by atoms with van der Waals surface area (Å²) in [4.78, 5) is 53.1. The zero-order valence-electron chi connectivity index (χ0n) is 17.3. The van der Waals surface area contributed by atoms with E-state index in [0.717, 1.165) is 56.2 Å². The zero-order chi connectivity index (χ0) is 21.6. The summed E-state index contributed by atoms with van der Waals surface area (Å²) in [5, 5.41) is 5.73. The van der Waals surface area contributed by atoms with Gasteiger partial charge in [0, 0.05) is 51.4 Å². The highest BCUT2D eigenvalue weighted by atomic mass is 16.5. The molecule has 0 bridgehead atoms. The van der Waals surface area contributed by atoms with E-state index in [-0.39, 0.29) is 24.3 Å². The van der Waals surface area contributed by atoms with Gasteiger partial charge in [0.2, 0.25) is 11.8 Å². The molecule has 4 aliphatic rings. The lowest BCUT2D eigenvalue weighted by atomic mass is 9.85. The Morgan fingerprint density at radius 3 is 2.61 bits per heavy atom. The number of fused-ring (bicyclic) bond motifs is 1. The van der Waals surface area contributed by atoms with Crippen molar-refractivity contribution in [2.45, 2.75) is 43.8 Å². The van der Waals surface area contributed by atoms with Crippen LogP contribution in [0.2, 0.25) is 0 Å². The van der Waals surface area contributed by atoms with Crippen molar-refractivity contribution < 1.29 is 23.9 Å². The van der Waals surface area contributed by atoms with Crippen LogP contribution in [0.25, 0.3) is 0 Å². The largest absolute Gasteiger partial charge is 0.381 e. The van der Waals surface area contributed by atoms with Gasteiger partial charge in [-0.15, -0.1) is 0 Å². The molecular weight excluding hydrogens is 400 g/mol. The molecule has 3 fully saturated rings. The standard InChI is InChI=1S/C22H26N4O5/c27-18-4-3-17(19(28)24-18)26-20(29)15-2-1-14(11-16(15)21(26)30)12-25-8-7-23-13-22(25)5-9-31-10-6-22/h1-2,11,17,23H,3-10,12-13H2,(H,24,27,28). The highest BCUT2D eigenvalue weighted by Gasteiger charge is 2.45. The summed E-state index contributed by atoms with van der Waals surface area (Å²) < 4.78 is 5.57.